The molecular formula is C28H28N2O3. The highest BCUT2D eigenvalue weighted by atomic mass is 16.5. The molecule has 3 aromatic carbocycles. The summed E-state index contributed by atoms with van der Waals surface area (Å²) in [6.07, 6.45) is 0.975. The molecule has 33 heavy (non-hydrogen) atoms. The van der Waals surface area contributed by atoms with E-state index >= 15 is 0 Å². The number of hydrogen-bond donors (Lipinski definition) is 1. The van der Waals surface area contributed by atoms with E-state index in [-0.39, 0.29) is 23.6 Å². The maximum absolute atomic E-state index is 13.5. The summed E-state index contributed by atoms with van der Waals surface area (Å²) in [5.74, 6) is -0.0128. The first-order chi connectivity index (χ1) is 15.9. The second-order valence-corrected chi connectivity index (χ2v) is 8.40. The third kappa shape index (κ3) is 4.67. The lowest BCUT2D eigenvalue weighted by Crippen LogP contribution is -2.32. The number of benzene rings is 3. The van der Waals surface area contributed by atoms with Gasteiger partial charge in [-0.05, 0) is 74.7 Å². The van der Waals surface area contributed by atoms with Gasteiger partial charge in [0.1, 0.15) is 11.4 Å². The Kier molecular flexibility index (Phi) is 6.31. The molecule has 0 bridgehead atoms. The van der Waals surface area contributed by atoms with Gasteiger partial charge in [0.2, 0.25) is 0 Å². The molecule has 1 aliphatic heterocycles. The highest BCUT2D eigenvalue weighted by Gasteiger charge is 2.40. The van der Waals surface area contributed by atoms with Crippen molar-refractivity contribution in [3.05, 3.63) is 95.2 Å². The van der Waals surface area contributed by atoms with Crippen LogP contribution in [0.2, 0.25) is 0 Å². The number of ether oxygens (including phenoxy) is 1. The van der Waals surface area contributed by atoms with Crippen molar-refractivity contribution in [1.82, 2.24) is 0 Å². The van der Waals surface area contributed by atoms with Gasteiger partial charge in [0.15, 0.2) is 0 Å². The lowest BCUT2D eigenvalue weighted by molar-refractivity contribution is -0.120. The van der Waals surface area contributed by atoms with E-state index in [0.29, 0.717) is 22.6 Å². The molecule has 168 valence electrons. The van der Waals surface area contributed by atoms with Gasteiger partial charge < -0.3 is 10.1 Å². The average molecular weight is 441 g/mol. The fraction of sp³-hybridized carbons (Fsp3) is 0.214. The molecule has 0 spiro atoms. The normalized spacial score (nSPS) is 13.8. The SMILES string of the molecule is CCc1ccc(NC2=C(c3ccc(OC(C)C)cc3)C(=O)N(c3ccc(C)cc3)C2=O)cc1. The molecule has 0 unspecified atom stereocenters. The summed E-state index contributed by atoms with van der Waals surface area (Å²) >= 11 is 0. The summed E-state index contributed by atoms with van der Waals surface area (Å²) in [5.41, 5.74) is 4.83. The molecule has 0 fully saturated rings. The van der Waals surface area contributed by atoms with Crippen LogP contribution in [0.4, 0.5) is 11.4 Å². The van der Waals surface area contributed by atoms with Crippen LogP contribution in [-0.2, 0) is 16.0 Å². The van der Waals surface area contributed by atoms with E-state index in [9.17, 15) is 9.59 Å². The minimum atomic E-state index is -0.374. The fourth-order valence-corrected chi connectivity index (χ4v) is 3.78. The molecule has 0 radical (unpaired) electrons. The standard InChI is InChI=1S/C28H28N2O3/c1-5-20-8-12-22(13-9-20)29-26-25(21-10-16-24(17-11-21)33-18(2)3)27(31)30(28(26)32)23-14-6-19(4)7-15-23/h6-18,29H,5H2,1-4H3. The van der Waals surface area contributed by atoms with E-state index < -0.39 is 0 Å². The Morgan fingerprint density at radius 1 is 0.848 bits per heavy atom. The van der Waals surface area contributed by atoms with E-state index in [1.807, 2.05) is 81.4 Å². The number of amides is 2. The molecule has 0 atom stereocenters. The first-order valence-electron chi connectivity index (χ1n) is 11.2. The third-order valence-electron chi connectivity index (χ3n) is 5.52. The maximum atomic E-state index is 13.5. The van der Waals surface area contributed by atoms with Crippen molar-refractivity contribution in [3.63, 3.8) is 0 Å². The second kappa shape index (κ2) is 9.33. The second-order valence-electron chi connectivity index (χ2n) is 8.40. The van der Waals surface area contributed by atoms with Crippen LogP contribution in [-0.4, -0.2) is 17.9 Å². The molecule has 4 rings (SSSR count). The van der Waals surface area contributed by atoms with Crippen LogP contribution >= 0.6 is 0 Å². The smallest absolute Gasteiger partial charge is 0.282 e. The molecule has 5 heteroatoms. The van der Waals surface area contributed by atoms with E-state index in [1.54, 1.807) is 12.1 Å². The topological polar surface area (TPSA) is 58.6 Å². The Morgan fingerprint density at radius 3 is 2.06 bits per heavy atom. The zero-order chi connectivity index (χ0) is 23.5. The minimum Gasteiger partial charge on any atom is -0.491 e. The number of aryl methyl sites for hydroxylation is 2. The number of anilines is 2. The Morgan fingerprint density at radius 2 is 1.48 bits per heavy atom. The first-order valence-corrected chi connectivity index (χ1v) is 11.2. The Hall–Kier alpha value is -3.86. The lowest BCUT2D eigenvalue weighted by atomic mass is 10.0. The van der Waals surface area contributed by atoms with Crippen molar-refractivity contribution >= 4 is 28.8 Å². The largest absolute Gasteiger partial charge is 0.491 e. The zero-order valence-corrected chi connectivity index (χ0v) is 19.4. The van der Waals surface area contributed by atoms with Crippen LogP contribution in [0.5, 0.6) is 5.75 Å². The Labute approximate surface area is 194 Å². The van der Waals surface area contributed by atoms with Gasteiger partial charge in [-0.1, -0.05) is 48.9 Å². The minimum absolute atomic E-state index is 0.0464. The average Bonchev–Trinajstić information content (AvgIpc) is 3.04. The van der Waals surface area contributed by atoms with Crippen molar-refractivity contribution in [2.45, 2.75) is 40.2 Å². The predicted octanol–water partition coefficient (Wildman–Crippen LogP) is 5.74. The quantitative estimate of drug-likeness (QED) is 0.476. The van der Waals surface area contributed by atoms with Crippen molar-refractivity contribution in [2.24, 2.45) is 0 Å². The molecule has 1 N–H and O–H groups in total. The summed E-state index contributed by atoms with van der Waals surface area (Å²) in [5, 5.41) is 3.22. The number of nitrogens with one attached hydrogen (secondary N) is 1. The summed E-state index contributed by atoms with van der Waals surface area (Å²) in [7, 11) is 0. The highest BCUT2D eigenvalue weighted by molar-refractivity contribution is 6.46. The van der Waals surface area contributed by atoms with Crippen LogP contribution in [0.1, 0.15) is 37.5 Å². The molecule has 0 saturated carbocycles. The van der Waals surface area contributed by atoms with Gasteiger partial charge >= 0.3 is 0 Å². The molecule has 2 amide bonds. The van der Waals surface area contributed by atoms with Gasteiger partial charge in [-0.2, -0.15) is 0 Å². The zero-order valence-electron chi connectivity index (χ0n) is 19.4. The van der Waals surface area contributed by atoms with Crippen molar-refractivity contribution in [1.29, 1.82) is 0 Å². The number of rotatable bonds is 7. The number of imide groups is 1. The summed E-state index contributed by atoms with van der Waals surface area (Å²) < 4.78 is 5.73. The van der Waals surface area contributed by atoms with Gasteiger partial charge in [0.25, 0.3) is 11.8 Å². The Balaban J connectivity index is 1.75. The van der Waals surface area contributed by atoms with E-state index in [1.165, 1.54) is 10.5 Å². The van der Waals surface area contributed by atoms with Crippen molar-refractivity contribution in [2.75, 3.05) is 10.2 Å². The Bertz CT molecular complexity index is 1190. The maximum Gasteiger partial charge on any atom is 0.282 e. The molecule has 0 aromatic heterocycles. The number of carbonyl (C=O) groups is 2. The molecule has 5 nitrogen and oxygen atoms in total. The molecule has 0 saturated heterocycles. The van der Waals surface area contributed by atoms with Crippen LogP contribution in [0.25, 0.3) is 5.57 Å². The number of hydrogen-bond acceptors (Lipinski definition) is 4. The van der Waals surface area contributed by atoms with Crippen molar-refractivity contribution in [3.8, 4) is 5.75 Å². The monoisotopic (exact) mass is 440 g/mol. The van der Waals surface area contributed by atoms with Crippen LogP contribution in [0.15, 0.2) is 78.5 Å². The highest BCUT2D eigenvalue weighted by Crippen LogP contribution is 2.34. The van der Waals surface area contributed by atoms with Gasteiger partial charge in [0.05, 0.1) is 17.4 Å². The summed E-state index contributed by atoms with van der Waals surface area (Å²) in [4.78, 5) is 28.3. The number of carbonyl (C=O) groups excluding carboxylic acids is 2. The van der Waals surface area contributed by atoms with E-state index in [4.69, 9.17) is 4.74 Å². The van der Waals surface area contributed by atoms with Crippen molar-refractivity contribution < 1.29 is 14.3 Å². The molecule has 1 aliphatic rings. The van der Waals surface area contributed by atoms with Crippen LogP contribution in [0.3, 0.4) is 0 Å². The summed E-state index contributed by atoms with van der Waals surface area (Å²) in [6.45, 7) is 7.98. The van der Waals surface area contributed by atoms with Crippen LogP contribution < -0.4 is 15.0 Å². The fourth-order valence-electron chi connectivity index (χ4n) is 3.78. The van der Waals surface area contributed by atoms with Gasteiger partial charge in [-0.3, -0.25) is 9.59 Å². The van der Waals surface area contributed by atoms with E-state index in [2.05, 4.69) is 12.2 Å². The molecule has 0 aliphatic carbocycles. The summed E-state index contributed by atoms with van der Waals surface area (Å²) in [6, 6.07) is 22.5. The lowest BCUT2D eigenvalue weighted by Gasteiger charge is -2.15. The molecule has 3 aromatic rings. The van der Waals surface area contributed by atoms with Gasteiger partial charge in [0, 0.05) is 5.69 Å². The first kappa shape index (κ1) is 22.3. The van der Waals surface area contributed by atoms with Gasteiger partial charge in [-0.25, -0.2) is 4.90 Å². The van der Waals surface area contributed by atoms with Gasteiger partial charge in [-0.15, -0.1) is 0 Å². The predicted molar refractivity (Wildman–Crippen MR) is 132 cm³/mol. The molecular weight excluding hydrogens is 412 g/mol. The third-order valence-corrected chi connectivity index (χ3v) is 5.52. The molecule has 1 heterocycles. The number of nitrogens with zero attached hydrogens (tertiary/aromatic N) is 1. The van der Waals surface area contributed by atoms with Crippen LogP contribution in [0, 0.1) is 6.92 Å². The van der Waals surface area contributed by atoms with E-state index in [0.717, 1.165) is 17.7 Å².